The molecule has 0 aliphatic carbocycles. The molecular weight excluding hydrogens is 461 g/mol. The molecule has 1 aromatic carbocycles. The van der Waals surface area contributed by atoms with Crippen LogP contribution in [0.5, 0.6) is 5.75 Å². The highest BCUT2D eigenvalue weighted by atomic mass is 35.5. The number of ether oxygens (including phenoxy) is 1. The topological polar surface area (TPSA) is 87.6 Å². The molecular formula is C22H18ClF3N4O3. The average molecular weight is 479 g/mol. The predicted octanol–water partition coefficient (Wildman–Crippen LogP) is 4.52. The van der Waals surface area contributed by atoms with Crippen molar-refractivity contribution in [3.05, 3.63) is 65.6 Å². The van der Waals surface area contributed by atoms with Crippen LogP contribution < -0.4 is 15.0 Å². The number of hydrogen-bond donors (Lipinski definition) is 2. The molecule has 1 aliphatic heterocycles. The molecule has 0 radical (unpaired) electrons. The highest BCUT2D eigenvalue weighted by Gasteiger charge is 2.31. The van der Waals surface area contributed by atoms with E-state index >= 15 is 0 Å². The molecule has 0 unspecified atom stereocenters. The first-order valence-electron chi connectivity index (χ1n) is 9.89. The molecule has 11 heteroatoms. The van der Waals surface area contributed by atoms with E-state index in [-0.39, 0.29) is 11.3 Å². The number of hydrogen-bond acceptors (Lipinski definition) is 6. The highest BCUT2D eigenvalue weighted by molar-refractivity contribution is 6.30. The van der Waals surface area contributed by atoms with Gasteiger partial charge in [0.2, 0.25) is 0 Å². The summed E-state index contributed by atoms with van der Waals surface area (Å²) >= 11 is 6.10. The van der Waals surface area contributed by atoms with Crippen LogP contribution >= 0.6 is 11.6 Å². The fraction of sp³-hybridized carbons (Fsp3) is 0.227. The van der Waals surface area contributed by atoms with Crippen molar-refractivity contribution in [3.63, 3.8) is 0 Å². The molecule has 1 saturated heterocycles. The number of halogens is 4. The van der Waals surface area contributed by atoms with Gasteiger partial charge in [-0.1, -0.05) is 11.6 Å². The Morgan fingerprint density at radius 1 is 1.18 bits per heavy atom. The summed E-state index contributed by atoms with van der Waals surface area (Å²) in [5, 5.41) is 13.0. The number of carbonyl (C=O) groups is 1. The molecule has 7 nitrogen and oxygen atoms in total. The van der Waals surface area contributed by atoms with E-state index in [1.165, 1.54) is 24.5 Å². The molecule has 33 heavy (non-hydrogen) atoms. The van der Waals surface area contributed by atoms with Gasteiger partial charge in [-0.2, -0.15) is 0 Å². The Morgan fingerprint density at radius 2 is 1.94 bits per heavy atom. The fourth-order valence-corrected chi connectivity index (χ4v) is 3.66. The maximum absolute atomic E-state index is 12.8. The van der Waals surface area contributed by atoms with Gasteiger partial charge in [0.15, 0.2) is 0 Å². The van der Waals surface area contributed by atoms with E-state index in [1.54, 1.807) is 18.3 Å². The normalized spacial score (nSPS) is 16.0. The lowest BCUT2D eigenvalue weighted by molar-refractivity contribution is -0.274. The zero-order valence-corrected chi connectivity index (χ0v) is 17.8. The first kappa shape index (κ1) is 22.8. The van der Waals surface area contributed by atoms with Gasteiger partial charge in [0.25, 0.3) is 5.91 Å². The van der Waals surface area contributed by atoms with Crippen LogP contribution in [0.4, 0.5) is 24.7 Å². The summed E-state index contributed by atoms with van der Waals surface area (Å²) in [7, 11) is 0. The van der Waals surface area contributed by atoms with Crippen LogP contribution in [0.3, 0.4) is 0 Å². The predicted molar refractivity (Wildman–Crippen MR) is 116 cm³/mol. The minimum absolute atomic E-state index is 0.226. The number of pyridine rings is 2. The number of anilines is 2. The van der Waals surface area contributed by atoms with Crippen molar-refractivity contribution < 1.29 is 27.8 Å². The summed E-state index contributed by atoms with van der Waals surface area (Å²) in [6.45, 7) is 1.01. The third-order valence-corrected chi connectivity index (χ3v) is 5.16. The molecule has 0 saturated carbocycles. The van der Waals surface area contributed by atoms with E-state index in [2.05, 4.69) is 20.0 Å². The first-order chi connectivity index (χ1) is 15.7. The molecule has 172 valence electrons. The molecule has 0 spiro atoms. The number of carbonyl (C=O) groups excluding carboxylic acids is 1. The standard InChI is InChI=1S/C22H18ClF3N4O3/c23-15-7-13(9-27-11-15)19-8-14(10-28-20(19)30-6-5-17(31)12-30)21(32)29-16-1-3-18(4-2-16)33-22(24,25)26/h1-4,7-11,17,31H,5-6,12H2,(H,29,32)/t17-/m1/s1. The van der Waals surface area contributed by atoms with E-state index in [1.807, 2.05) is 4.90 Å². The quantitative estimate of drug-likeness (QED) is 0.560. The van der Waals surface area contributed by atoms with Crippen LogP contribution in [0.1, 0.15) is 16.8 Å². The van der Waals surface area contributed by atoms with Crippen LogP contribution in [0.2, 0.25) is 5.02 Å². The summed E-state index contributed by atoms with van der Waals surface area (Å²) in [5.74, 6) is -0.313. The molecule has 1 fully saturated rings. The summed E-state index contributed by atoms with van der Waals surface area (Å²) in [5.41, 5.74) is 1.77. The number of aliphatic hydroxyl groups excluding tert-OH is 1. The van der Waals surface area contributed by atoms with Crippen LogP contribution in [-0.4, -0.2) is 46.5 Å². The van der Waals surface area contributed by atoms with Gasteiger partial charge in [-0.15, -0.1) is 13.2 Å². The number of nitrogens with zero attached hydrogens (tertiary/aromatic N) is 3. The van der Waals surface area contributed by atoms with Crippen molar-refractivity contribution in [1.82, 2.24) is 9.97 Å². The number of aliphatic hydroxyl groups is 1. The van der Waals surface area contributed by atoms with Gasteiger partial charge in [-0.25, -0.2) is 4.98 Å². The zero-order chi connectivity index (χ0) is 23.6. The maximum Gasteiger partial charge on any atom is 0.573 e. The summed E-state index contributed by atoms with van der Waals surface area (Å²) in [6.07, 6.45) is -0.178. The van der Waals surface area contributed by atoms with E-state index in [4.69, 9.17) is 11.6 Å². The number of β-amino-alcohol motifs (C(OH)–C–C–N with tert-alkyl or cyclic N) is 1. The molecule has 3 aromatic rings. The number of rotatable bonds is 5. The minimum Gasteiger partial charge on any atom is -0.406 e. The summed E-state index contributed by atoms with van der Waals surface area (Å²) < 4.78 is 40.8. The van der Waals surface area contributed by atoms with Crippen molar-refractivity contribution >= 4 is 29.0 Å². The number of benzene rings is 1. The maximum atomic E-state index is 12.8. The van der Waals surface area contributed by atoms with Gasteiger partial charge >= 0.3 is 6.36 Å². The second-order valence-corrected chi connectivity index (χ2v) is 7.84. The van der Waals surface area contributed by atoms with Crippen LogP contribution in [0.25, 0.3) is 11.1 Å². The molecule has 0 bridgehead atoms. The van der Waals surface area contributed by atoms with E-state index in [0.717, 1.165) is 12.1 Å². The van der Waals surface area contributed by atoms with Crippen molar-refractivity contribution in [2.75, 3.05) is 23.3 Å². The second-order valence-electron chi connectivity index (χ2n) is 7.40. The Kier molecular flexibility index (Phi) is 6.39. The third-order valence-electron chi connectivity index (χ3n) is 4.95. The van der Waals surface area contributed by atoms with E-state index in [9.17, 15) is 23.1 Å². The summed E-state index contributed by atoms with van der Waals surface area (Å²) in [6, 6.07) is 8.14. The van der Waals surface area contributed by atoms with Crippen LogP contribution in [0, 0.1) is 0 Å². The highest BCUT2D eigenvalue weighted by Crippen LogP contribution is 2.33. The minimum atomic E-state index is -4.80. The van der Waals surface area contributed by atoms with Gasteiger partial charge in [-0.3, -0.25) is 9.78 Å². The smallest absolute Gasteiger partial charge is 0.406 e. The van der Waals surface area contributed by atoms with Gasteiger partial charge in [0, 0.05) is 48.5 Å². The molecule has 1 atom stereocenters. The lowest BCUT2D eigenvalue weighted by Crippen LogP contribution is -2.23. The van der Waals surface area contributed by atoms with Crippen LogP contribution in [-0.2, 0) is 0 Å². The first-order valence-corrected chi connectivity index (χ1v) is 10.3. The van der Waals surface area contributed by atoms with Gasteiger partial charge in [0.1, 0.15) is 11.6 Å². The van der Waals surface area contributed by atoms with E-state index < -0.39 is 24.1 Å². The lowest BCUT2D eigenvalue weighted by atomic mass is 10.1. The zero-order valence-electron chi connectivity index (χ0n) is 17.0. The molecule has 1 amide bonds. The Labute approximate surface area is 191 Å². The largest absolute Gasteiger partial charge is 0.573 e. The molecule has 4 rings (SSSR count). The second kappa shape index (κ2) is 9.24. The van der Waals surface area contributed by atoms with Crippen molar-refractivity contribution in [2.24, 2.45) is 0 Å². The van der Waals surface area contributed by atoms with Gasteiger partial charge in [-0.05, 0) is 42.8 Å². The van der Waals surface area contributed by atoms with E-state index in [0.29, 0.717) is 41.5 Å². The van der Waals surface area contributed by atoms with Crippen LogP contribution in [0.15, 0.2) is 55.0 Å². The third kappa shape index (κ3) is 5.71. The SMILES string of the molecule is O=C(Nc1ccc(OC(F)(F)F)cc1)c1cnc(N2CC[C@@H](O)C2)c(-c2cncc(Cl)c2)c1. The fourth-order valence-electron chi connectivity index (χ4n) is 3.48. The van der Waals surface area contributed by atoms with Crippen molar-refractivity contribution in [2.45, 2.75) is 18.9 Å². The Hall–Kier alpha value is -3.37. The molecule has 2 aromatic heterocycles. The van der Waals surface area contributed by atoms with Crippen molar-refractivity contribution in [3.8, 4) is 16.9 Å². The summed E-state index contributed by atoms with van der Waals surface area (Å²) in [4.78, 5) is 23.3. The lowest BCUT2D eigenvalue weighted by Gasteiger charge is -2.21. The number of aromatic nitrogens is 2. The Balaban J connectivity index is 1.60. The van der Waals surface area contributed by atoms with Gasteiger partial charge in [0.05, 0.1) is 16.7 Å². The Morgan fingerprint density at radius 3 is 2.58 bits per heavy atom. The Bertz CT molecular complexity index is 1160. The molecule has 1 aliphatic rings. The number of alkyl halides is 3. The number of nitrogens with one attached hydrogen (secondary N) is 1. The van der Waals surface area contributed by atoms with Gasteiger partial charge < -0.3 is 20.1 Å². The molecule has 2 N–H and O–H groups in total. The van der Waals surface area contributed by atoms with Crippen molar-refractivity contribution in [1.29, 1.82) is 0 Å². The molecule has 3 heterocycles. The monoisotopic (exact) mass is 478 g/mol. The average Bonchev–Trinajstić information content (AvgIpc) is 3.20. The number of amides is 1.